The molecule has 6 heteroatoms. The van der Waals surface area contributed by atoms with Crippen LogP contribution in [0.3, 0.4) is 0 Å². The summed E-state index contributed by atoms with van der Waals surface area (Å²) < 4.78 is 18.8. The fraction of sp³-hybridized carbons (Fsp3) is 0.429. The lowest BCUT2D eigenvalue weighted by atomic mass is 10.2. The molecule has 1 heterocycles. The van der Waals surface area contributed by atoms with Crippen LogP contribution < -0.4 is 10.1 Å². The van der Waals surface area contributed by atoms with Gasteiger partial charge in [0.15, 0.2) is 11.6 Å². The van der Waals surface area contributed by atoms with E-state index in [2.05, 4.69) is 5.32 Å². The molecule has 0 radical (unpaired) electrons. The van der Waals surface area contributed by atoms with E-state index in [1.54, 1.807) is 4.90 Å². The first kappa shape index (κ1) is 14.3. The van der Waals surface area contributed by atoms with Crippen molar-refractivity contribution in [2.24, 2.45) is 0 Å². The van der Waals surface area contributed by atoms with Crippen LogP contribution in [-0.2, 0) is 4.79 Å². The summed E-state index contributed by atoms with van der Waals surface area (Å²) in [7, 11) is 0. The normalized spacial score (nSPS) is 14.7. The van der Waals surface area contributed by atoms with Crippen LogP contribution in [0, 0.1) is 17.1 Å². The molecule has 1 N–H and O–H groups in total. The topological polar surface area (TPSA) is 65.4 Å². The molecule has 1 aromatic carbocycles. The van der Waals surface area contributed by atoms with E-state index in [0.717, 1.165) is 19.2 Å². The predicted molar refractivity (Wildman–Crippen MR) is 70.7 cm³/mol. The minimum Gasteiger partial charge on any atom is -0.490 e. The van der Waals surface area contributed by atoms with Gasteiger partial charge in [-0.3, -0.25) is 4.79 Å². The molecule has 1 aliphatic heterocycles. The summed E-state index contributed by atoms with van der Waals surface area (Å²) >= 11 is 0. The third-order valence-electron chi connectivity index (χ3n) is 3.10. The van der Waals surface area contributed by atoms with Crippen molar-refractivity contribution in [3.05, 3.63) is 29.6 Å². The van der Waals surface area contributed by atoms with Crippen LogP contribution >= 0.6 is 0 Å². The number of nitrogens with one attached hydrogen (secondary N) is 1. The van der Waals surface area contributed by atoms with Crippen molar-refractivity contribution in [2.75, 3.05) is 32.8 Å². The minimum atomic E-state index is -0.585. The Balaban J connectivity index is 1.80. The molecule has 0 aromatic heterocycles. The molecule has 0 bridgehead atoms. The molecule has 20 heavy (non-hydrogen) atoms. The number of rotatable bonds is 4. The highest BCUT2D eigenvalue weighted by molar-refractivity contribution is 5.76. The van der Waals surface area contributed by atoms with Gasteiger partial charge in [0.25, 0.3) is 0 Å². The Hall–Kier alpha value is -2.13. The Morgan fingerprint density at radius 1 is 1.45 bits per heavy atom. The lowest BCUT2D eigenvalue weighted by molar-refractivity contribution is -0.132. The first-order valence-electron chi connectivity index (χ1n) is 6.51. The second-order valence-corrected chi connectivity index (χ2v) is 4.49. The maximum Gasteiger partial charge on any atom is 0.226 e. The van der Waals surface area contributed by atoms with Crippen molar-refractivity contribution < 1.29 is 13.9 Å². The monoisotopic (exact) mass is 277 g/mol. The maximum absolute atomic E-state index is 13.5. The molecule has 0 aliphatic carbocycles. The lowest BCUT2D eigenvalue weighted by Crippen LogP contribution is -2.46. The molecular weight excluding hydrogens is 261 g/mol. The summed E-state index contributed by atoms with van der Waals surface area (Å²) in [5, 5.41) is 11.8. The zero-order chi connectivity index (χ0) is 14.4. The summed E-state index contributed by atoms with van der Waals surface area (Å²) in [4.78, 5) is 13.6. The van der Waals surface area contributed by atoms with E-state index in [0.29, 0.717) is 13.1 Å². The summed E-state index contributed by atoms with van der Waals surface area (Å²) in [6, 6.07) is 5.86. The van der Waals surface area contributed by atoms with Crippen LogP contribution in [0.15, 0.2) is 18.2 Å². The van der Waals surface area contributed by atoms with Crippen LogP contribution in [0.5, 0.6) is 5.75 Å². The van der Waals surface area contributed by atoms with Gasteiger partial charge in [-0.15, -0.1) is 0 Å². The lowest BCUT2D eigenvalue weighted by Gasteiger charge is -2.27. The Bertz CT molecular complexity index is 522. The predicted octanol–water partition coefficient (Wildman–Crippen LogP) is 0.898. The van der Waals surface area contributed by atoms with E-state index in [-0.39, 0.29) is 30.2 Å². The van der Waals surface area contributed by atoms with Gasteiger partial charge in [-0.1, -0.05) is 0 Å². The van der Waals surface area contributed by atoms with Crippen LogP contribution in [0.25, 0.3) is 0 Å². The first-order chi connectivity index (χ1) is 9.70. The molecule has 1 aliphatic rings. The maximum atomic E-state index is 13.5. The Labute approximate surface area is 116 Å². The van der Waals surface area contributed by atoms with Crippen molar-refractivity contribution in [1.82, 2.24) is 10.2 Å². The standard InChI is InChI=1S/C14H16FN3O2/c15-12-9-11(10-16)1-2-13(12)20-8-3-14(19)18-6-4-17-5-7-18/h1-2,9,17H,3-8H2. The van der Waals surface area contributed by atoms with Gasteiger partial charge >= 0.3 is 0 Å². The fourth-order valence-corrected chi connectivity index (χ4v) is 2.01. The molecule has 1 aromatic rings. The highest BCUT2D eigenvalue weighted by Gasteiger charge is 2.16. The van der Waals surface area contributed by atoms with Crippen molar-refractivity contribution >= 4 is 5.91 Å². The Morgan fingerprint density at radius 3 is 2.85 bits per heavy atom. The fourth-order valence-electron chi connectivity index (χ4n) is 2.01. The number of ether oxygens (including phenoxy) is 1. The quantitative estimate of drug-likeness (QED) is 0.888. The molecule has 5 nitrogen and oxygen atoms in total. The molecule has 0 spiro atoms. The van der Waals surface area contributed by atoms with Crippen molar-refractivity contribution in [3.8, 4) is 11.8 Å². The number of nitriles is 1. The first-order valence-corrected chi connectivity index (χ1v) is 6.51. The van der Waals surface area contributed by atoms with Crippen LogP contribution in [0.4, 0.5) is 4.39 Å². The van der Waals surface area contributed by atoms with Gasteiger partial charge in [-0.25, -0.2) is 4.39 Å². The molecule has 106 valence electrons. The average Bonchev–Trinajstić information content (AvgIpc) is 2.49. The number of benzene rings is 1. The molecule has 1 saturated heterocycles. The Kier molecular flexibility index (Phi) is 4.91. The van der Waals surface area contributed by atoms with Gasteiger partial charge in [0.1, 0.15) is 0 Å². The average molecular weight is 277 g/mol. The van der Waals surface area contributed by atoms with E-state index >= 15 is 0 Å². The molecule has 0 unspecified atom stereocenters. The minimum absolute atomic E-state index is 0.0144. The number of nitrogens with zero attached hydrogens (tertiary/aromatic N) is 2. The molecule has 0 atom stereocenters. The van der Waals surface area contributed by atoms with Crippen molar-refractivity contribution in [3.63, 3.8) is 0 Å². The number of carbonyl (C=O) groups excluding carboxylic acids is 1. The van der Waals surface area contributed by atoms with E-state index in [1.165, 1.54) is 12.1 Å². The van der Waals surface area contributed by atoms with Crippen LogP contribution in [-0.4, -0.2) is 43.6 Å². The van der Waals surface area contributed by atoms with E-state index in [9.17, 15) is 9.18 Å². The summed E-state index contributed by atoms with van der Waals surface area (Å²) in [6.07, 6.45) is 0.222. The second kappa shape index (κ2) is 6.87. The molecule has 0 saturated carbocycles. The molecule has 1 amide bonds. The third kappa shape index (κ3) is 3.68. The zero-order valence-corrected chi connectivity index (χ0v) is 11.1. The van der Waals surface area contributed by atoms with Gasteiger partial charge in [0.2, 0.25) is 5.91 Å². The van der Waals surface area contributed by atoms with Gasteiger partial charge in [0, 0.05) is 26.2 Å². The van der Waals surface area contributed by atoms with Gasteiger partial charge in [0.05, 0.1) is 24.7 Å². The van der Waals surface area contributed by atoms with Crippen molar-refractivity contribution in [1.29, 1.82) is 5.26 Å². The smallest absolute Gasteiger partial charge is 0.226 e. The SMILES string of the molecule is N#Cc1ccc(OCCC(=O)N2CCNCC2)c(F)c1. The summed E-state index contributed by atoms with van der Waals surface area (Å²) in [5.41, 5.74) is 0.242. The Morgan fingerprint density at radius 2 is 2.20 bits per heavy atom. The number of carbonyl (C=O) groups is 1. The van der Waals surface area contributed by atoms with Gasteiger partial charge in [-0.2, -0.15) is 5.26 Å². The number of hydrogen-bond acceptors (Lipinski definition) is 4. The van der Waals surface area contributed by atoms with Gasteiger partial charge in [-0.05, 0) is 18.2 Å². The number of amides is 1. The largest absolute Gasteiger partial charge is 0.490 e. The second-order valence-electron chi connectivity index (χ2n) is 4.49. The van der Waals surface area contributed by atoms with Gasteiger partial charge < -0.3 is 15.0 Å². The number of piperazine rings is 1. The van der Waals surface area contributed by atoms with E-state index < -0.39 is 5.82 Å². The molecule has 1 fully saturated rings. The van der Waals surface area contributed by atoms with Crippen LogP contribution in [0.1, 0.15) is 12.0 Å². The molecule has 2 rings (SSSR count). The third-order valence-corrected chi connectivity index (χ3v) is 3.10. The highest BCUT2D eigenvalue weighted by Crippen LogP contribution is 2.18. The van der Waals surface area contributed by atoms with Crippen molar-refractivity contribution in [2.45, 2.75) is 6.42 Å². The number of hydrogen-bond donors (Lipinski definition) is 1. The van der Waals surface area contributed by atoms with E-state index in [1.807, 2.05) is 6.07 Å². The zero-order valence-electron chi connectivity index (χ0n) is 11.1. The van der Waals surface area contributed by atoms with Crippen LogP contribution in [0.2, 0.25) is 0 Å². The van der Waals surface area contributed by atoms with E-state index in [4.69, 9.17) is 10.00 Å². The molecular formula is C14H16FN3O2. The summed E-state index contributed by atoms with van der Waals surface area (Å²) in [5.74, 6) is -0.503. The summed E-state index contributed by atoms with van der Waals surface area (Å²) in [6.45, 7) is 3.13. The number of halogens is 1. The highest BCUT2D eigenvalue weighted by atomic mass is 19.1.